The number of aromatic nitrogens is 5. The molecule has 4 heterocycles. The first-order valence-electron chi connectivity index (χ1n) is 8.95. The van der Waals surface area contributed by atoms with Crippen LogP contribution in [0, 0.1) is 0 Å². The van der Waals surface area contributed by atoms with Gasteiger partial charge in [-0.25, -0.2) is 9.97 Å². The third-order valence-corrected chi connectivity index (χ3v) is 5.05. The van der Waals surface area contributed by atoms with Crippen LogP contribution in [0.4, 0.5) is 0 Å². The van der Waals surface area contributed by atoms with Gasteiger partial charge in [0.05, 0.1) is 12.2 Å². The number of rotatable bonds is 4. The van der Waals surface area contributed by atoms with E-state index in [9.17, 15) is 0 Å². The van der Waals surface area contributed by atoms with Crippen molar-refractivity contribution >= 4 is 5.78 Å². The SMILES string of the molecule is c1ccc(CN2CCC(n3cc(-c4cnc5nccn5c4)cn3)C2)cc1. The molecule has 1 aliphatic heterocycles. The second kappa shape index (κ2) is 6.38. The van der Waals surface area contributed by atoms with E-state index < -0.39 is 0 Å². The molecule has 0 N–H and O–H groups in total. The van der Waals surface area contributed by atoms with E-state index in [1.54, 1.807) is 6.20 Å². The van der Waals surface area contributed by atoms with E-state index >= 15 is 0 Å². The zero-order valence-corrected chi connectivity index (χ0v) is 14.4. The van der Waals surface area contributed by atoms with Gasteiger partial charge in [-0.15, -0.1) is 0 Å². The van der Waals surface area contributed by atoms with Crippen molar-refractivity contribution in [2.24, 2.45) is 0 Å². The van der Waals surface area contributed by atoms with Gasteiger partial charge < -0.3 is 0 Å². The maximum Gasteiger partial charge on any atom is 0.233 e. The molecule has 0 aliphatic carbocycles. The van der Waals surface area contributed by atoms with Crippen LogP contribution in [0.25, 0.3) is 16.9 Å². The fraction of sp³-hybridized carbons (Fsp3) is 0.250. The maximum absolute atomic E-state index is 4.62. The van der Waals surface area contributed by atoms with Gasteiger partial charge in [0.2, 0.25) is 5.78 Å². The van der Waals surface area contributed by atoms with Crippen molar-refractivity contribution in [3.05, 3.63) is 73.1 Å². The molecule has 5 rings (SSSR count). The summed E-state index contributed by atoms with van der Waals surface area (Å²) in [6.45, 7) is 3.15. The number of fused-ring (bicyclic) bond motifs is 1. The summed E-state index contributed by atoms with van der Waals surface area (Å²) in [6, 6.07) is 11.1. The van der Waals surface area contributed by atoms with Gasteiger partial charge in [0.15, 0.2) is 0 Å². The first-order chi connectivity index (χ1) is 12.8. The van der Waals surface area contributed by atoms with Gasteiger partial charge in [-0.1, -0.05) is 30.3 Å². The smallest absolute Gasteiger partial charge is 0.233 e. The van der Waals surface area contributed by atoms with Crippen molar-refractivity contribution in [1.82, 2.24) is 29.0 Å². The normalized spacial score (nSPS) is 17.9. The third kappa shape index (κ3) is 2.88. The molecule has 130 valence electrons. The molecule has 1 aliphatic rings. The molecule has 1 aromatic carbocycles. The molecule has 3 aromatic heterocycles. The molecule has 0 spiro atoms. The Hall–Kier alpha value is -2.99. The Labute approximate surface area is 151 Å². The Kier molecular flexibility index (Phi) is 3.75. The number of hydrogen-bond donors (Lipinski definition) is 0. The summed E-state index contributed by atoms with van der Waals surface area (Å²) in [5, 5.41) is 4.62. The minimum atomic E-state index is 0.428. The van der Waals surface area contributed by atoms with Crippen LogP contribution in [-0.4, -0.2) is 42.1 Å². The molecule has 1 saturated heterocycles. The van der Waals surface area contributed by atoms with Crippen molar-refractivity contribution in [2.75, 3.05) is 13.1 Å². The highest BCUT2D eigenvalue weighted by molar-refractivity contribution is 5.60. The van der Waals surface area contributed by atoms with Gasteiger partial charge in [0.1, 0.15) is 0 Å². The minimum Gasteiger partial charge on any atom is -0.297 e. The average molecular weight is 344 g/mol. The van der Waals surface area contributed by atoms with E-state index in [1.807, 2.05) is 29.2 Å². The highest BCUT2D eigenvalue weighted by Gasteiger charge is 2.24. The van der Waals surface area contributed by atoms with Crippen LogP contribution < -0.4 is 0 Å². The van der Waals surface area contributed by atoms with Crippen LogP contribution in [0.15, 0.2) is 67.5 Å². The van der Waals surface area contributed by atoms with Gasteiger partial charge in [0.25, 0.3) is 0 Å². The predicted molar refractivity (Wildman–Crippen MR) is 99.6 cm³/mol. The van der Waals surface area contributed by atoms with E-state index in [4.69, 9.17) is 0 Å². The molecular weight excluding hydrogens is 324 g/mol. The van der Waals surface area contributed by atoms with Crippen LogP contribution in [0.5, 0.6) is 0 Å². The van der Waals surface area contributed by atoms with E-state index in [1.165, 1.54) is 5.56 Å². The number of benzene rings is 1. The molecule has 0 amide bonds. The Morgan fingerprint density at radius 1 is 1.00 bits per heavy atom. The van der Waals surface area contributed by atoms with E-state index in [0.29, 0.717) is 11.8 Å². The summed E-state index contributed by atoms with van der Waals surface area (Å²) in [5.74, 6) is 0.716. The van der Waals surface area contributed by atoms with E-state index in [2.05, 4.69) is 61.2 Å². The molecule has 0 bridgehead atoms. The van der Waals surface area contributed by atoms with Crippen molar-refractivity contribution < 1.29 is 0 Å². The van der Waals surface area contributed by atoms with Crippen molar-refractivity contribution in [3.63, 3.8) is 0 Å². The summed E-state index contributed by atoms with van der Waals surface area (Å²) in [4.78, 5) is 11.1. The molecule has 1 atom stereocenters. The fourth-order valence-electron chi connectivity index (χ4n) is 3.67. The summed E-state index contributed by atoms with van der Waals surface area (Å²) in [6.07, 6.45) is 12.8. The molecule has 6 nitrogen and oxygen atoms in total. The number of imidazole rings is 1. The fourth-order valence-corrected chi connectivity index (χ4v) is 3.67. The predicted octanol–water partition coefficient (Wildman–Crippen LogP) is 3.04. The lowest BCUT2D eigenvalue weighted by atomic mass is 10.2. The summed E-state index contributed by atoms with van der Waals surface area (Å²) in [7, 11) is 0. The zero-order valence-electron chi connectivity index (χ0n) is 14.4. The second-order valence-electron chi connectivity index (χ2n) is 6.85. The average Bonchev–Trinajstić information content (AvgIpc) is 3.42. The second-order valence-corrected chi connectivity index (χ2v) is 6.85. The first kappa shape index (κ1) is 15.3. The molecule has 6 heteroatoms. The number of hydrogen-bond acceptors (Lipinski definition) is 4. The van der Waals surface area contributed by atoms with Crippen LogP contribution in [-0.2, 0) is 6.54 Å². The van der Waals surface area contributed by atoms with Crippen molar-refractivity contribution in [2.45, 2.75) is 19.0 Å². The molecule has 26 heavy (non-hydrogen) atoms. The topological polar surface area (TPSA) is 51.2 Å². The van der Waals surface area contributed by atoms with Gasteiger partial charge in [-0.3, -0.25) is 14.0 Å². The monoisotopic (exact) mass is 344 g/mol. The summed E-state index contributed by atoms with van der Waals surface area (Å²) >= 11 is 0. The lowest BCUT2D eigenvalue weighted by molar-refractivity contribution is 0.312. The van der Waals surface area contributed by atoms with Crippen molar-refractivity contribution in [3.8, 4) is 11.1 Å². The lowest BCUT2D eigenvalue weighted by Crippen LogP contribution is -2.21. The molecular formula is C20H20N6. The molecule has 0 saturated carbocycles. The Morgan fingerprint density at radius 3 is 2.81 bits per heavy atom. The highest BCUT2D eigenvalue weighted by Crippen LogP contribution is 2.25. The zero-order chi connectivity index (χ0) is 17.3. The van der Waals surface area contributed by atoms with Crippen LogP contribution in [0.2, 0.25) is 0 Å². The quantitative estimate of drug-likeness (QED) is 0.571. The largest absolute Gasteiger partial charge is 0.297 e. The highest BCUT2D eigenvalue weighted by atomic mass is 15.3. The van der Waals surface area contributed by atoms with Gasteiger partial charge in [0, 0.05) is 61.7 Å². The molecule has 1 unspecified atom stereocenters. The first-order valence-corrected chi connectivity index (χ1v) is 8.95. The van der Waals surface area contributed by atoms with Crippen LogP contribution >= 0.6 is 0 Å². The van der Waals surface area contributed by atoms with Gasteiger partial charge >= 0.3 is 0 Å². The van der Waals surface area contributed by atoms with Gasteiger partial charge in [-0.05, 0) is 12.0 Å². The Morgan fingerprint density at radius 2 is 1.88 bits per heavy atom. The van der Waals surface area contributed by atoms with E-state index in [0.717, 1.165) is 37.2 Å². The number of nitrogens with zero attached hydrogens (tertiary/aromatic N) is 6. The minimum absolute atomic E-state index is 0.428. The number of likely N-dealkylation sites (tertiary alicyclic amines) is 1. The Bertz CT molecular complexity index is 1020. The maximum atomic E-state index is 4.62. The third-order valence-electron chi connectivity index (χ3n) is 5.05. The van der Waals surface area contributed by atoms with E-state index in [-0.39, 0.29) is 0 Å². The van der Waals surface area contributed by atoms with Gasteiger partial charge in [-0.2, -0.15) is 5.10 Å². The summed E-state index contributed by atoms with van der Waals surface area (Å²) in [5.41, 5.74) is 3.52. The lowest BCUT2D eigenvalue weighted by Gasteiger charge is -2.16. The molecule has 0 radical (unpaired) electrons. The molecule has 4 aromatic rings. The van der Waals surface area contributed by atoms with Crippen molar-refractivity contribution in [1.29, 1.82) is 0 Å². The molecule has 1 fully saturated rings. The van der Waals surface area contributed by atoms with Crippen LogP contribution in [0.1, 0.15) is 18.0 Å². The van der Waals surface area contributed by atoms with Crippen LogP contribution in [0.3, 0.4) is 0 Å². The Balaban J connectivity index is 1.31. The summed E-state index contributed by atoms with van der Waals surface area (Å²) < 4.78 is 4.04. The standard InChI is InChI=1S/C20H20N6/c1-2-4-16(5-3-1)12-24-8-6-19(15-24)26-14-18(11-23-26)17-10-22-20-21-7-9-25(20)13-17/h1-5,7,9-11,13-14,19H,6,8,12,15H2.